The maximum absolute atomic E-state index is 13.4. The number of fused-ring (bicyclic) bond motifs is 1. The maximum atomic E-state index is 13.4. The Balaban J connectivity index is 1.91. The van der Waals surface area contributed by atoms with Crippen molar-refractivity contribution >= 4 is 10.0 Å². The van der Waals surface area contributed by atoms with Gasteiger partial charge in [0.05, 0.1) is 4.90 Å². The average Bonchev–Trinajstić information content (AvgIpc) is 2.88. The Hall–Kier alpha value is -0.980. The standard InChI is InChI=1S/C15H21FN2O2S/c1-10-5-6-12(16)7-15(10)21(19,20)18-8-11-3-2-4-14(17)13(11)9-18/h5-7,11,13-14H,2-4,8-9,17H2,1H3. The summed E-state index contributed by atoms with van der Waals surface area (Å²) in [5, 5.41) is 0. The Labute approximate surface area is 125 Å². The van der Waals surface area contributed by atoms with E-state index in [4.69, 9.17) is 5.73 Å². The van der Waals surface area contributed by atoms with E-state index in [0.717, 1.165) is 25.3 Å². The third-order valence-electron chi connectivity index (χ3n) is 4.89. The molecule has 0 radical (unpaired) electrons. The van der Waals surface area contributed by atoms with Crippen LogP contribution in [0.25, 0.3) is 0 Å². The van der Waals surface area contributed by atoms with Gasteiger partial charge in [-0.05, 0) is 49.3 Å². The molecular formula is C15H21FN2O2S. The van der Waals surface area contributed by atoms with Gasteiger partial charge in [0.1, 0.15) is 5.82 Å². The molecule has 1 saturated carbocycles. The van der Waals surface area contributed by atoms with Crippen molar-refractivity contribution in [1.29, 1.82) is 0 Å². The van der Waals surface area contributed by atoms with Gasteiger partial charge < -0.3 is 5.73 Å². The van der Waals surface area contributed by atoms with Gasteiger partial charge in [0.2, 0.25) is 10.0 Å². The zero-order valence-electron chi connectivity index (χ0n) is 12.1. The third-order valence-corrected chi connectivity index (χ3v) is 6.86. The van der Waals surface area contributed by atoms with Crippen molar-refractivity contribution in [2.24, 2.45) is 17.6 Å². The van der Waals surface area contributed by atoms with Crippen LogP contribution in [0.15, 0.2) is 23.1 Å². The summed E-state index contributed by atoms with van der Waals surface area (Å²) >= 11 is 0. The van der Waals surface area contributed by atoms with E-state index in [2.05, 4.69) is 0 Å². The highest BCUT2D eigenvalue weighted by Crippen LogP contribution is 2.38. The van der Waals surface area contributed by atoms with E-state index in [1.54, 1.807) is 6.92 Å². The molecule has 1 aromatic rings. The summed E-state index contributed by atoms with van der Waals surface area (Å²) in [4.78, 5) is 0.0784. The van der Waals surface area contributed by atoms with Crippen molar-refractivity contribution in [1.82, 2.24) is 4.31 Å². The fraction of sp³-hybridized carbons (Fsp3) is 0.600. The molecular weight excluding hydrogens is 291 g/mol. The number of halogens is 1. The first-order valence-corrected chi connectivity index (χ1v) is 8.85. The minimum absolute atomic E-state index is 0.0784. The fourth-order valence-corrected chi connectivity index (χ4v) is 5.43. The van der Waals surface area contributed by atoms with Gasteiger partial charge in [-0.25, -0.2) is 12.8 Å². The molecule has 1 aliphatic carbocycles. The number of hydrogen-bond acceptors (Lipinski definition) is 3. The van der Waals surface area contributed by atoms with Crippen molar-refractivity contribution in [3.05, 3.63) is 29.6 Å². The van der Waals surface area contributed by atoms with Crippen LogP contribution in [0, 0.1) is 24.6 Å². The van der Waals surface area contributed by atoms with Crippen LogP contribution in [0.2, 0.25) is 0 Å². The largest absolute Gasteiger partial charge is 0.327 e. The highest BCUT2D eigenvalue weighted by Gasteiger charge is 2.43. The number of hydrogen-bond donors (Lipinski definition) is 1. The van der Waals surface area contributed by atoms with E-state index in [1.807, 2.05) is 0 Å². The lowest BCUT2D eigenvalue weighted by atomic mass is 9.78. The smallest absolute Gasteiger partial charge is 0.243 e. The predicted octanol–water partition coefficient (Wildman–Crippen LogP) is 1.88. The number of nitrogens with two attached hydrogens (primary N) is 1. The van der Waals surface area contributed by atoms with E-state index < -0.39 is 15.8 Å². The van der Waals surface area contributed by atoms with E-state index in [1.165, 1.54) is 16.4 Å². The van der Waals surface area contributed by atoms with Crippen molar-refractivity contribution in [2.45, 2.75) is 37.1 Å². The number of nitrogens with zero attached hydrogens (tertiary/aromatic N) is 1. The van der Waals surface area contributed by atoms with Crippen LogP contribution < -0.4 is 5.73 Å². The van der Waals surface area contributed by atoms with Gasteiger partial charge in [-0.3, -0.25) is 0 Å². The van der Waals surface area contributed by atoms with Gasteiger partial charge in [-0.2, -0.15) is 4.31 Å². The first-order valence-electron chi connectivity index (χ1n) is 7.41. The molecule has 2 aliphatic rings. The lowest BCUT2D eigenvalue weighted by Crippen LogP contribution is -2.38. The lowest BCUT2D eigenvalue weighted by Gasteiger charge is -2.29. The Bertz CT molecular complexity index is 647. The van der Waals surface area contributed by atoms with Crippen molar-refractivity contribution in [3.8, 4) is 0 Å². The summed E-state index contributed by atoms with van der Waals surface area (Å²) in [6.07, 6.45) is 3.07. The summed E-state index contributed by atoms with van der Waals surface area (Å²) in [6.45, 7) is 2.67. The molecule has 0 aromatic heterocycles. The molecule has 116 valence electrons. The second kappa shape index (κ2) is 5.34. The predicted molar refractivity (Wildman–Crippen MR) is 78.7 cm³/mol. The molecule has 21 heavy (non-hydrogen) atoms. The summed E-state index contributed by atoms with van der Waals surface area (Å²) < 4.78 is 40.5. The Morgan fingerprint density at radius 3 is 2.76 bits per heavy atom. The zero-order valence-corrected chi connectivity index (χ0v) is 12.9. The second-order valence-corrected chi connectivity index (χ2v) is 8.16. The van der Waals surface area contributed by atoms with Crippen LogP contribution >= 0.6 is 0 Å². The molecule has 0 amide bonds. The molecule has 1 heterocycles. The molecule has 1 aliphatic heterocycles. The van der Waals surface area contributed by atoms with Crippen molar-refractivity contribution in [3.63, 3.8) is 0 Å². The maximum Gasteiger partial charge on any atom is 0.243 e. The minimum atomic E-state index is -3.64. The number of aryl methyl sites for hydroxylation is 1. The van der Waals surface area contributed by atoms with E-state index in [9.17, 15) is 12.8 Å². The van der Waals surface area contributed by atoms with Crippen LogP contribution in [0.3, 0.4) is 0 Å². The molecule has 6 heteroatoms. The van der Waals surface area contributed by atoms with Gasteiger partial charge in [0, 0.05) is 19.1 Å². The van der Waals surface area contributed by atoms with E-state index in [-0.39, 0.29) is 16.9 Å². The molecule has 0 bridgehead atoms. The molecule has 3 rings (SSSR count). The molecule has 1 saturated heterocycles. The van der Waals surface area contributed by atoms with Gasteiger partial charge in [-0.1, -0.05) is 12.5 Å². The van der Waals surface area contributed by atoms with Gasteiger partial charge >= 0.3 is 0 Å². The Morgan fingerprint density at radius 1 is 1.29 bits per heavy atom. The first-order chi connectivity index (χ1) is 9.89. The van der Waals surface area contributed by atoms with E-state index in [0.29, 0.717) is 24.6 Å². The Kier molecular flexibility index (Phi) is 3.80. The summed E-state index contributed by atoms with van der Waals surface area (Å²) in [5.74, 6) is 0.0623. The van der Waals surface area contributed by atoms with Crippen LogP contribution in [0.4, 0.5) is 4.39 Å². The SMILES string of the molecule is Cc1ccc(F)cc1S(=O)(=O)N1CC2CCCC(N)C2C1. The number of rotatable bonds is 2. The summed E-state index contributed by atoms with van der Waals surface area (Å²) in [7, 11) is -3.64. The molecule has 2 fully saturated rings. The lowest BCUT2D eigenvalue weighted by molar-refractivity contribution is 0.260. The highest BCUT2D eigenvalue weighted by molar-refractivity contribution is 7.89. The van der Waals surface area contributed by atoms with Crippen LogP contribution in [0.5, 0.6) is 0 Å². The van der Waals surface area contributed by atoms with Crippen molar-refractivity contribution < 1.29 is 12.8 Å². The average molecular weight is 312 g/mol. The molecule has 3 atom stereocenters. The topological polar surface area (TPSA) is 63.4 Å². The molecule has 2 N–H and O–H groups in total. The third kappa shape index (κ3) is 2.60. The van der Waals surface area contributed by atoms with Gasteiger partial charge in [0.15, 0.2) is 0 Å². The molecule has 1 aromatic carbocycles. The normalized spacial score (nSPS) is 30.3. The number of benzene rings is 1. The monoisotopic (exact) mass is 312 g/mol. The Morgan fingerprint density at radius 2 is 2.05 bits per heavy atom. The molecule has 3 unspecified atom stereocenters. The van der Waals surface area contributed by atoms with Gasteiger partial charge in [0.25, 0.3) is 0 Å². The van der Waals surface area contributed by atoms with Crippen LogP contribution in [-0.2, 0) is 10.0 Å². The molecule has 0 spiro atoms. The van der Waals surface area contributed by atoms with Gasteiger partial charge in [-0.15, -0.1) is 0 Å². The van der Waals surface area contributed by atoms with Crippen LogP contribution in [0.1, 0.15) is 24.8 Å². The minimum Gasteiger partial charge on any atom is -0.327 e. The fourth-order valence-electron chi connectivity index (χ4n) is 3.66. The number of sulfonamides is 1. The van der Waals surface area contributed by atoms with Crippen LogP contribution in [-0.4, -0.2) is 31.9 Å². The first kappa shape index (κ1) is 14.9. The summed E-state index contributed by atoms with van der Waals surface area (Å²) in [6, 6.07) is 4.00. The van der Waals surface area contributed by atoms with Crippen molar-refractivity contribution in [2.75, 3.05) is 13.1 Å². The zero-order chi connectivity index (χ0) is 15.2. The van der Waals surface area contributed by atoms with E-state index >= 15 is 0 Å². The second-order valence-electron chi connectivity index (χ2n) is 6.25. The quantitative estimate of drug-likeness (QED) is 0.907. The summed E-state index contributed by atoms with van der Waals surface area (Å²) in [5.41, 5.74) is 6.72. The highest BCUT2D eigenvalue weighted by atomic mass is 32.2. The molecule has 4 nitrogen and oxygen atoms in total.